The Hall–Kier alpha value is -3.27. The molecule has 0 aliphatic heterocycles. The summed E-state index contributed by atoms with van der Waals surface area (Å²) in [7, 11) is 0. The molecule has 0 aliphatic rings. The minimum absolute atomic E-state index is 0.303. The number of fused-ring (bicyclic) bond motifs is 1. The van der Waals surface area contributed by atoms with E-state index in [-0.39, 0.29) is 5.97 Å². The molecular formula is C27H25N2O2PS. The summed E-state index contributed by atoms with van der Waals surface area (Å²) in [6.45, 7) is 1.00. The Bertz CT molecular complexity index is 1310. The summed E-state index contributed by atoms with van der Waals surface area (Å²) in [6, 6.07) is 31.5. The molecule has 0 aliphatic carbocycles. The third-order valence-corrected chi connectivity index (χ3v) is 13.3. The van der Waals surface area contributed by atoms with E-state index < -0.39 is 6.60 Å². The molecule has 0 amide bonds. The predicted molar refractivity (Wildman–Crippen MR) is 140 cm³/mol. The van der Waals surface area contributed by atoms with Crippen molar-refractivity contribution in [2.75, 3.05) is 13.3 Å². The van der Waals surface area contributed by atoms with Gasteiger partial charge in [0.1, 0.15) is 0 Å². The van der Waals surface area contributed by atoms with E-state index in [1.807, 2.05) is 41.1 Å². The Balaban J connectivity index is 2.03. The summed E-state index contributed by atoms with van der Waals surface area (Å²) < 4.78 is 7.46. The van der Waals surface area contributed by atoms with Gasteiger partial charge in [0.25, 0.3) is 0 Å². The molecule has 0 N–H and O–H groups in total. The van der Waals surface area contributed by atoms with Crippen molar-refractivity contribution < 1.29 is 9.53 Å². The second kappa shape index (κ2) is 8.26. The van der Waals surface area contributed by atoms with Crippen molar-refractivity contribution in [2.45, 2.75) is 6.92 Å². The molecule has 3 aromatic carbocycles. The molecule has 0 radical (unpaired) electrons. The maximum atomic E-state index is 13.5. The molecule has 4 nitrogen and oxygen atoms in total. The second-order valence-electron chi connectivity index (χ2n) is 8.13. The van der Waals surface area contributed by atoms with Gasteiger partial charge in [-0.15, -0.1) is 0 Å². The number of hydrogen-bond acceptors (Lipinski definition) is 4. The van der Waals surface area contributed by atoms with Crippen LogP contribution < -0.4 is 21.3 Å². The van der Waals surface area contributed by atoms with Crippen LogP contribution in [-0.2, 0) is 4.74 Å². The molecule has 6 heteroatoms. The van der Waals surface area contributed by atoms with E-state index in [1.54, 1.807) is 0 Å². The first-order chi connectivity index (χ1) is 16.1. The Morgan fingerprint density at radius 3 is 1.82 bits per heavy atom. The zero-order valence-electron chi connectivity index (χ0n) is 18.6. The van der Waals surface area contributed by atoms with Gasteiger partial charge in [0.2, 0.25) is 0 Å². The fraction of sp³-hybridized carbons (Fsp3) is 0.111. The molecule has 5 rings (SSSR count). The van der Waals surface area contributed by atoms with Crippen LogP contribution in [0.5, 0.6) is 0 Å². The van der Waals surface area contributed by atoms with Gasteiger partial charge in [-0.1, -0.05) is 0 Å². The number of hydrogen-bond donors (Lipinski definition) is 0. The minimum atomic E-state index is -3.44. The zero-order valence-corrected chi connectivity index (χ0v) is 20.3. The van der Waals surface area contributed by atoms with Crippen molar-refractivity contribution in [3.8, 4) is 0 Å². The maximum absolute atomic E-state index is 13.5. The van der Waals surface area contributed by atoms with E-state index in [0.29, 0.717) is 12.3 Å². The van der Waals surface area contributed by atoms with Crippen LogP contribution in [0.4, 0.5) is 0 Å². The van der Waals surface area contributed by atoms with Crippen LogP contribution in [0.15, 0.2) is 103 Å². The van der Waals surface area contributed by atoms with E-state index in [2.05, 4.69) is 79.5 Å². The summed E-state index contributed by atoms with van der Waals surface area (Å²) in [4.78, 5) is 19.4. The molecule has 0 unspecified atom stereocenters. The fourth-order valence-corrected chi connectivity index (χ4v) is 11.0. The molecule has 166 valence electrons. The summed E-state index contributed by atoms with van der Waals surface area (Å²) in [6.07, 6.45) is 1.91. The quantitative estimate of drug-likeness (QED) is 0.273. The molecule has 5 aromatic rings. The molecule has 0 bridgehead atoms. The topological polar surface area (TPSA) is 43.6 Å². The van der Waals surface area contributed by atoms with E-state index >= 15 is 0 Å². The monoisotopic (exact) mass is 472 g/mol. The Labute approximate surface area is 197 Å². The second-order valence-corrected chi connectivity index (χ2v) is 14.1. The van der Waals surface area contributed by atoms with Crippen LogP contribution in [0.3, 0.4) is 0 Å². The van der Waals surface area contributed by atoms with Gasteiger partial charge in [-0.05, 0) is 0 Å². The molecule has 0 saturated carbocycles. The van der Waals surface area contributed by atoms with Crippen LogP contribution in [-0.4, -0.2) is 28.6 Å². The zero-order chi connectivity index (χ0) is 22.9. The molecule has 0 spiro atoms. The standard InChI is InChI=1S/C27H25N2O2PS/c1-3-31-26(30)24-25(28-27-29(24)19-20-33-27)32(2,21-13-7-4-8-14-21,22-15-9-5-10-16-22)23-17-11-6-12-18-23/h4-20H,3H2,1-2H3. The first kappa shape index (κ1) is 21.6. The van der Waals surface area contributed by atoms with Crippen molar-refractivity contribution in [3.05, 3.63) is 108 Å². The number of imidazole rings is 1. The number of esters is 1. The summed E-state index contributed by atoms with van der Waals surface area (Å²) in [5, 5.41) is 5.40. The number of carbonyl (C=O) groups excluding carboxylic acids is 1. The third kappa shape index (κ3) is 3.07. The molecular weight excluding hydrogens is 447 g/mol. The van der Waals surface area contributed by atoms with Gasteiger partial charge in [-0.25, -0.2) is 0 Å². The van der Waals surface area contributed by atoms with Crippen LogP contribution in [0.1, 0.15) is 17.4 Å². The van der Waals surface area contributed by atoms with E-state index in [1.165, 1.54) is 11.3 Å². The Morgan fingerprint density at radius 1 is 0.879 bits per heavy atom. The van der Waals surface area contributed by atoms with Crippen molar-refractivity contribution in [1.82, 2.24) is 9.38 Å². The van der Waals surface area contributed by atoms with E-state index in [4.69, 9.17) is 9.72 Å². The van der Waals surface area contributed by atoms with Gasteiger partial charge in [-0.2, -0.15) is 0 Å². The number of carbonyl (C=O) groups is 1. The van der Waals surface area contributed by atoms with Crippen molar-refractivity contribution in [1.29, 1.82) is 0 Å². The number of aromatic nitrogens is 2. The molecule has 33 heavy (non-hydrogen) atoms. The predicted octanol–water partition coefficient (Wildman–Crippen LogP) is 4.36. The van der Waals surface area contributed by atoms with Crippen molar-refractivity contribution >= 4 is 50.2 Å². The van der Waals surface area contributed by atoms with Crippen LogP contribution in [0, 0.1) is 0 Å². The number of thiazole rings is 1. The van der Waals surface area contributed by atoms with Crippen LogP contribution >= 0.6 is 17.9 Å². The summed E-state index contributed by atoms with van der Waals surface area (Å²) >= 11 is 1.52. The van der Waals surface area contributed by atoms with Crippen LogP contribution in [0.2, 0.25) is 0 Å². The molecule has 0 saturated heterocycles. The molecule has 0 fully saturated rings. The van der Waals surface area contributed by atoms with Crippen molar-refractivity contribution in [2.24, 2.45) is 0 Å². The molecule has 2 heterocycles. The first-order valence-corrected chi connectivity index (χ1v) is 14.5. The average Bonchev–Trinajstić information content (AvgIpc) is 3.47. The van der Waals surface area contributed by atoms with Gasteiger partial charge in [0.15, 0.2) is 0 Å². The SMILES string of the molecule is CCOC(=O)c1c(P(C)(c2ccccc2)(c2ccccc2)c2ccccc2)nc2sccn12. The van der Waals surface area contributed by atoms with E-state index in [9.17, 15) is 4.79 Å². The fourth-order valence-electron chi connectivity index (χ4n) is 4.77. The molecule has 0 atom stereocenters. The normalized spacial score (nSPS) is 12.8. The van der Waals surface area contributed by atoms with Gasteiger partial charge >= 0.3 is 198 Å². The van der Waals surface area contributed by atoms with Gasteiger partial charge < -0.3 is 0 Å². The first-order valence-electron chi connectivity index (χ1n) is 10.9. The van der Waals surface area contributed by atoms with Crippen molar-refractivity contribution in [3.63, 3.8) is 0 Å². The summed E-state index contributed by atoms with van der Waals surface area (Å²) in [5.41, 5.74) is 1.29. The third-order valence-electron chi connectivity index (χ3n) is 6.45. The van der Waals surface area contributed by atoms with E-state index in [0.717, 1.165) is 26.3 Å². The van der Waals surface area contributed by atoms with Gasteiger partial charge in [-0.3, -0.25) is 0 Å². The number of nitrogens with zero attached hydrogens (tertiary/aromatic N) is 2. The Kier molecular flexibility index (Phi) is 5.40. The molecule has 2 aromatic heterocycles. The van der Waals surface area contributed by atoms with Gasteiger partial charge in [0.05, 0.1) is 0 Å². The number of benzene rings is 3. The Morgan fingerprint density at radius 2 is 1.36 bits per heavy atom. The summed E-state index contributed by atoms with van der Waals surface area (Å²) in [5.74, 6) is -0.350. The number of rotatable bonds is 6. The van der Waals surface area contributed by atoms with Gasteiger partial charge in [0, 0.05) is 0 Å². The number of ether oxygens (including phenoxy) is 1. The average molecular weight is 473 g/mol. The van der Waals surface area contributed by atoms with Crippen LogP contribution in [0.25, 0.3) is 4.96 Å².